The summed E-state index contributed by atoms with van der Waals surface area (Å²) in [5.41, 5.74) is 0.825. The molecule has 0 fully saturated rings. The minimum atomic E-state index is -0.544. The number of benzene rings is 2. The van der Waals surface area contributed by atoms with Gasteiger partial charge in [0.15, 0.2) is 5.82 Å². The highest BCUT2D eigenvalue weighted by Gasteiger charge is 2.15. The number of amides is 1. The molecule has 1 heterocycles. The lowest BCUT2D eigenvalue weighted by Crippen LogP contribution is -2.14. The van der Waals surface area contributed by atoms with Crippen molar-refractivity contribution in [3.63, 3.8) is 0 Å². The number of nitrogens with zero attached hydrogens (tertiary/aromatic N) is 3. The number of nitro groups is 1. The molecule has 2 N–H and O–H groups in total. The van der Waals surface area contributed by atoms with Crippen LogP contribution >= 0.6 is 35.0 Å². The van der Waals surface area contributed by atoms with Gasteiger partial charge in [0.05, 0.1) is 34.6 Å². The van der Waals surface area contributed by atoms with Crippen molar-refractivity contribution in [3.05, 3.63) is 56.6 Å². The van der Waals surface area contributed by atoms with E-state index in [1.54, 1.807) is 18.2 Å². The molecule has 0 radical (unpaired) electrons. The molecule has 0 spiro atoms. The van der Waals surface area contributed by atoms with Crippen LogP contribution in [0.4, 0.5) is 11.4 Å². The fourth-order valence-corrected chi connectivity index (χ4v) is 3.42. The first-order chi connectivity index (χ1) is 13.9. The molecule has 29 heavy (non-hydrogen) atoms. The summed E-state index contributed by atoms with van der Waals surface area (Å²) in [6.07, 6.45) is 0. The number of carbonyl (C=O) groups excluding carboxylic acids is 1. The van der Waals surface area contributed by atoms with E-state index < -0.39 is 4.92 Å². The molecule has 1 amide bonds. The van der Waals surface area contributed by atoms with Gasteiger partial charge in [-0.15, -0.1) is 5.10 Å². The third kappa shape index (κ3) is 5.17. The Morgan fingerprint density at radius 2 is 2.10 bits per heavy atom. The summed E-state index contributed by atoms with van der Waals surface area (Å²) in [5, 5.41) is 21.6. The van der Waals surface area contributed by atoms with Gasteiger partial charge in [0.1, 0.15) is 5.75 Å². The van der Waals surface area contributed by atoms with E-state index in [2.05, 4.69) is 20.5 Å². The van der Waals surface area contributed by atoms with Crippen LogP contribution in [0, 0.1) is 10.1 Å². The molecule has 0 aliphatic rings. The third-order valence-electron chi connectivity index (χ3n) is 3.65. The number of aromatic amines is 1. The summed E-state index contributed by atoms with van der Waals surface area (Å²) in [4.78, 5) is 26.8. The molecule has 0 aliphatic heterocycles. The van der Waals surface area contributed by atoms with Crippen LogP contribution < -0.4 is 10.1 Å². The second-order valence-electron chi connectivity index (χ2n) is 5.57. The van der Waals surface area contributed by atoms with Gasteiger partial charge in [-0.1, -0.05) is 35.0 Å². The van der Waals surface area contributed by atoms with Gasteiger partial charge < -0.3 is 10.1 Å². The number of H-pyrrole nitrogens is 1. The van der Waals surface area contributed by atoms with Gasteiger partial charge in [-0.3, -0.25) is 20.0 Å². The van der Waals surface area contributed by atoms with Crippen LogP contribution in [0.3, 0.4) is 0 Å². The van der Waals surface area contributed by atoms with E-state index >= 15 is 0 Å². The average molecular weight is 454 g/mol. The molecule has 150 valence electrons. The van der Waals surface area contributed by atoms with Crippen molar-refractivity contribution in [1.29, 1.82) is 0 Å². The minimum Gasteiger partial charge on any atom is -0.494 e. The summed E-state index contributed by atoms with van der Waals surface area (Å²) in [6.45, 7) is 0. The van der Waals surface area contributed by atoms with Crippen LogP contribution in [0.25, 0.3) is 11.4 Å². The maximum Gasteiger partial charge on any atom is 0.273 e. The number of hydrogen-bond donors (Lipinski definition) is 2. The first-order valence-corrected chi connectivity index (χ1v) is 9.74. The van der Waals surface area contributed by atoms with Crippen LogP contribution in [-0.2, 0) is 4.79 Å². The molecule has 0 saturated carbocycles. The quantitative estimate of drug-likeness (QED) is 0.308. The van der Waals surface area contributed by atoms with Crippen molar-refractivity contribution in [2.75, 3.05) is 18.2 Å². The van der Waals surface area contributed by atoms with Crippen LogP contribution in [0.15, 0.2) is 41.6 Å². The Morgan fingerprint density at radius 1 is 1.31 bits per heavy atom. The molecular weight excluding hydrogens is 441 g/mol. The average Bonchev–Trinajstić information content (AvgIpc) is 3.15. The smallest absolute Gasteiger partial charge is 0.273 e. The molecule has 0 unspecified atom stereocenters. The first kappa shape index (κ1) is 20.9. The van der Waals surface area contributed by atoms with Crippen LogP contribution in [0.1, 0.15) is 0 Å². The van der Waals surface area contributed by atoms with Gasteiger partial charge in [0.2, 0.25) is 11.1 Å². The molecule has 3 rings (SSSR count). The highest BCUT2D eigenvalue weighted by atomic mass is 35.5. The Kier molecular flexibility index (Phi) is 6.57. The van der Waals surface area contributed by atoms with Crippen molar-refractivity contribution in [2.24, 2.45) is 0 Å². The van der Waals surface area contributed by atoms with E-state index in [9.17, 15) is 14.9 Å². The Labute approximate surface area is 178 Å². The van der Waals surface area contributed by atoms with E-state index in [4.69, 9.17) is 27.9 Å². The number of halogens is 2. The van der Waals surface area contributed by atoms with E-state index in [1.165, 1.54) is 25.3 Å². The highest BCUT2D eigenvalue weighted by molar-refractivity contribution is 7.99. The molecular formula is C17H13Cl2N5O4S. The van der Waals surface area contributed by atoms with Gasteiger partial charge in [0.25, 0.3) is 5.69 Å². The minimum absolute atomic E-state index is 0.0196. The van der Waals surface area contributed by atoms with Gasteiger partial charge in [-0.25, -0.2) is 4.98 Å². The first-order valence-electron chi connectivity index (χ1n) is 8.00. The SMILES string of the molecule is COc1cc([N+](=O)[O-])ccc1NC(=O)CSc1n[nH]c(-c2ccc(Cl)cc2Cl)n1. The van der Waals surface area contributed by atoms with E-state index in [0.29, 0.717) is 32.3 Å². The summed E-state index contributed by atoms with van der Waals surface area (Å²) in [6, 6.07) is 8.92. The maximum absolute atomic E-state index is 12.2. The Bertz CT molecular complexity index is 1080. The topological polar surface area (TPSA) is 123 Å². The van der Waals surface area contributed by atoms with E-state index in [0.717, 1.165) is 11.8 Å². The Balaban J connectivity index is 1.63. The Morgan fingerprint density at radius 3 is 2.79 bits per heavy atom. The van der Waals surface area contributed by atoms with Gasteiger partial charge in [0, 0.05) is 16.7 Å². The molecule has 0 aliphatic carbocycles. The highest BCUT2D eigenvalue weighted by Crippen LogP contribution is 2.30. The van der Waals surface area contributed by atoms with Crippen molar-refractivity contribution in [3.8, 4) is 17.1 Å². The number of methoxy groups -OCH3 is 1. The molecule has 0 bridgehead atoms. The third-order valence-corrected chi connectivity index (χ3v) is 5.05. The summed E-state index contributed by atoms with van der Waals surface area (Å²) in [7, 11) is 1.36. The van der Waals surface area contributed by atoms with Crippen molar-refractivity contribution >= 4 is 52.2 Å². The number of aromatic nitrogens is 3. The number of ether oxygens (including phenoxy) is 1. The van der Waals surface area contributed by atoms with E-state index in [-0.39, 0.29) is 23.1 Å². The molecule has 0 saturated heterocycles. The number of nitrogens with one attached hydrogen (secondary N) is 2. The lowest BCUT2D eigenvalue weighted by Gasteiger charge is -2.09. The monoisotopic (exact) mass is 453 g/mol. The maximum atomic E-state index is 12.2. The predicted octanol–water partition coefficient (Wildman–Crippen LogP) is 4.43. The number of hydrogen-bond acceptors (Lipinski definition) is 7. The van der Waals surface area contributed by atoms with Crippen molar-refractivity contribution in [2.45, 2.75) is 5.16 Å². The number of thioether (sulfide) groups is 1. The van der Waals surface area contributed by atoms with Gasteiger partial charge in [-0.05, 0) is 24.3 Å². The molecule has 9 nitrogen and oxygen atoms in total. The Hall–Kier alpha value is -2.82. The number of anilines is 1. The van der Waals surface area contributed by atoms with Gasteiger partial charge in [-0.2, -0.15) is 0 Å². The zero-order valence-electron chi connectivity index (χ0n) is 14.8. The fraction of sp³-hybridized carbons (Fsp3) is 0.118. The molecule has 3 aromatic rings. The van der Waals surface area contributed by atoms with Gasteiger partial charge >= 0.3 is 0 Å². The number of non-ortho nitro benzene ring substituents is 1. The zero-order valence-corrected chi connectivity index (χ0v) is 17.1. The summed E-state index contributed by atoms with van der Waals surface area (Å²) >= 11 is 13.1. The van der Waals surface area contributed by atoms with Crippen LogP contribution in [0.5, 0.6) is 5.75 Å². The van der Waals surface area contributed by atoms with E-state index in [1.807, 2.05) is 0 Å². The normalized spacial score (nSPS) is 10.6. The second-order valence-corrected chi connectivity index (χ2v) is 7.36. The fourth-order valence-electron chi connectivity index (χ4n) is 2.33. The van der Waals surface area contributed by atoms with Crippen molar-refractivity contribution < 1.29 is 14.5 Å². The molecule has 12 heteroatoms. The largest absolute Gasteiger partial charge is 0.494 e. The number of rotatable bonds is 7. The van der Waals surface area contributed by atoms with Crippen LogP contribution in [0.2, 0.25) is 10.0 Å². The second kappa shape index (κ2) is 9.12. The summed E-state index contributed by atoms with van der Waals surface area (Å²) < 4.78 is 5.09. The lowest BCUT2D eigenvalue weighted by atomic mass is 10.2. The lowest BCUT2D eigenvalue weighted by molar-refractivity contribution is -0.384. The summed E-state index contributed by atoms with van der Waals surface area (Å²) in [5.74, 6) is 0.311. The van der Waals surface area contributed by atoms with Crippen molar-refractivity contribution in [1.82, 2.24) is 15.2 Å². The molecule has 1 aromatic heterocycles. The standard InChI is InChI=1S/C17H13Cl2N5O4S/c1-28-14-7-10(24(26)27)3-5-13(14)20-15(25)8-29-17-21-16(22-23-17)11-4-2-9(18)6-12(11)19/h2-7H,8H2,1H3,(H,20,25)(H,21,22,23). The number of carbonyl (C=O) groups is 1. The predicted molar refractivity (Wildman–Crippen MR) is 111 cm³/mol. The molecule has 2 aromatic carbocycles. The molecule has 0 atom stereocenters. The van der Waals surface area contributed by atoms with Crippen LogP contribution in [-0.4, -0.2) is 38.9 Å². The zero-order chi connectivity index (χ0) is 21.0. The number of nitro benzene ring substituents is 1.